The van der Waals surface area contributed by atoms with Crippen LogP contribution in [-0.2, 0) is 14.8 Å². The summed E-state index contributed by atoms with van der Waals surface area (Å²) in [5.41, 5.74) is 1.59. The number of halogens is 3. The Kier molecular flexibility index (Phi) is 7.06. The van der Waals surface area contributed by atoms with E-state index in [0.29, 0.717) is 37.5 Å². The van der Waals surface area contributed by atoms with Gasteiger partial charge in [0.25, 0.3) is 15.2 Å². The van der Waals surface area contributed by atoms with Gasteiger partial charge in [0.05, 0.1) is 26.4 Å². The van der Waals surface area contributed by atoms with Gasteiger partial charge in [0.2, 0.25) is 5.91 Å². The first-order chi connectivity index (χ1) is 15.7. The Balaban J connectivity index is 1.44. The molecule has 2 N–H and O–H groups in total. The van der Waals surface area contributed by atoms with E-state index in [9.17, 15) is 13.2 Å². The number of oxazole rings is 1. The molecule has 12 heteroatoms. The second-order valence-electron chi connectivity index (χ2n) is 6.69. The van der Waals surface area contributed by atoms with Gasteiger partial charge in [-0.15, -0.1) is 0 Å². The quantitative estimate of drug-likeness (QED) is 0.265. The zero-order valence-electron chi connectivity index (χ0n) is 16.5. The number of sulfonamides is 1. The summed E-state index contributed by atoms with van der Waals surface area (Å²) in [6.45, 7) is 0. The Morgan fingerprint density at radius 1 is 0.970 bits per heavy atom. The number of carbonyl (C=O) groups excluding carboxylic acids is 1. The predicted octanol–water partition coefficient (Wildman–Crippen LogP) is 6.32. The molecule has 7 nitrogen and oxygen atoms in total. The molecular weight excluding hydrogens is 529 g/mol. The van der Waals surface area contributed by atoms with E-state index in [0.717, 1.165) is 11.8 Å². The van der Waals surface area contributed by atoms with Gasteiger partial charge in [-0.25, -0.2) is 13.4 Å². The fourth-order valence-corrected chi connectivity index (χ4v) is 4.98. The van der Waals surface area contributed by atoms with E-state index < -0.39 is 10.0 Å². The minimum Gasteiger partial charge on any atom is -0.431 e. The van der Waals surface area contributed by atoms with Crippen LogP contribution in [0.15, 0.2) is 75.2 Å². The lowest BCUT2D eigenvalue weighted by atomic mass is 10.3. The lowest BCUT2D eigenvalue weighted by Crippen LogP contribution is -2.13. The van der Waals surface area contributed by atoms with Gasteiger partial charge < -0.3 is 9.73 Å². The van der Waals surface area contributed by atoms with Crippen molar-refractivity contribution in [2.75, 3.05) is 15.8 Å². The fraction of sp³-hybridized carbons (Fsp3) is 0.0476. The van der Waals surface area contributed by atoms with E-state index in [1.807, 2.05) is 0 Å². The smallest absolute Gasteiger partial charge is 0.261 e. The van der Waals surface area contributed by atoms with E-state index in [-0.39, 0.29) is 21.8 Å². The Morgan fingerprint density at radius 2 is 1.79 bits per heavy atom. The molecule has 1 amide bonds. The molecule has 4 rings (SSSR count). The number of amides is 1. The van der Waals surface area contributed by atoms with Crippen LogP contribution in [0.5, 0.6) is 0 Å². The zero-order chi connectivity index (χ0) is 23.6. The fourth-order valence-electron chi connectivity index (χ4n) is 2.78. The topological polar surface area (TPSA) is 101 Å². The average Bonchev–Trinajstić information content (AvgIpc) is 3.17. The van der Waals surface area contributed by atoms with Crippen molar-refractivity contribution in [2.24, 2.45) is 0 Å². The normalized spacial score (nSPS) is 11.5. The molecule has 33 heavy (non-hydrogen) atoms. The van der Waals surface area contributed by atoms with Crippen molar-refractivity contribution < 1.29 is 17.6 Å². The molecule has 0 aliphatic rings. The number of rotatable bonds is 7. The van der Waals surface area contributed by atoms with Gasteiger partial charge in [-0.2, -0.15) is 0 Å². The Hall–Kier alpha value is -2.43. The first-order valence-electron chi connectivity index (χ1n) is 9.26. The second-order valence-corrected chi connectivity index (χ2v) is 10.6. The summed E-state index contributed by atoms with van der Waals surface area (Å²) < 4.78 is 33.5. The summed E-state index contributed by atoms with van der Waals surface area (Å²) in [6.07, 6.45) is 0. The summed E-state index contributed by atoms with van der Waals surface area (Å²) in [5, 5.41) is 4.06. The molecule has 0 saturated heterocycles. The van der Waals surface area contributed by atoms with E-state index in [4.69, 9.17) is 39.2 Å². The van der Waals surface area contributed by atoms with Crippen LogP contribution >= 0.6 is 46.6 Å². The number of anilines is 2. The number of carbonyl (C=O) groups is 1. The Bertz CT molecular complexity index is 1460. The summed E-state index contributed by atoms with van der Waals surface area (Å²) >= 11 is 18.8. The molecule has 1 heterocycles. The number of benzene rings is 3. The molecular formula is C21H14Cl3N3O4S2. The highest BCUT2D eigenvalue weighted by atomic mass is 35.5. The van der Waals surface area contributed by atoms with Crippen molar-refractivity contribution in [3.63, 3.8) is 0 Å². The minimum atomic E-state index is -3.86. The largest absolute Gasteiger partial charge is 0.431 e. The molecule has 0 atom stereocenters. The van der Waals surface area contributed by atoms with Gasteiger partial charge >= 0.3 is 0 Å². The van der Waals surface area contributed by atoms with E-state index in [1.165, 1.54) is 24.3 Å². The highest BCUT2D eigenvalue weighted by Gasteiger charge is 2.17. The molecule has 1 aromatic heterocycles. The number of hydrogen-bond acceptors (Lipinski definition) is 6. The molecule has 3 aromatic carbocycles. The number of hydrogen-bond donors (Lipinski definition) is 2. The molecule has 0 bridgehead atoms. The SMILES string of the molecule is O=C(CSc1nc2cc(S(=O)(=O)Nc3cccc(Cl)c3)ccc2o1)Nc1ccc(Cl)c(Cl)c1. The molecule has 4 aromatic rings. The predicted molar refractivity (Wildman–Crippen MR) is 132 cm³/mol. The molecule has 170 valence electrons. The third-order valence-corrected chi connectivity index (χ3v) is 7.44. The van der Waals surface area contributed by atoms with Gasteiger partial charge in [-0.1, -0.05) is 52.6 Å². The monoisotopic (exact) mass is 541 g/mol. The van der Waals surface area contributed by atoms with Crippen LogP contribution in [0, 0.1) is 0 Å². The van der Waals surface area contributed by atoms with Gasteiger partial charge in [0, 0.05) is 10.7 Å². The third-order valence-electron chi connectivity index (χ3n) is 4.26. The van der Waals surface area contributed by atoms with Crippen LogP contribution in [0.25, 0.3) is 11.1 Å². The van der Waals surface area contributed by atoms with Crippen LogP contribution in [0.3, 0.4) is 0 Å². The lowest BCUT2D eigenvalue weighted by Gasteiger charge is -2.08. The summed E-state index contributed by atoms with van der Waals surface area (Å²) in [6, 6.07) is 15.5. The van der Waals surface area contributed by atoms with Crippen LogP contribution in [0.4, 0.5) is 11.4 Å². The number of nitrogens with zero attached hydrogens (tertiary/aromatic N) is 1. The van der Waals surface area contributed by atoms with Crippen molar-refractivity contribution in [1.29, 1.82) is 0 Å². The molecule has 0 saturated carbocycles. The molecule has 0 radical (unpaired) electrons. The molecule has 0 unspecified atom stereocenters. The van der Waals surface area contributed by atoms with Gasteiger partial charge in [0.15, 0.2) is 5.58 Å². The Morgan fingerprint density at radius 3 is 2.55 bits per heavy atom. The van der Waals surface area contributed by atoms with E-state index >= 15 is 0 Å². The van der Waals surface area contributed by atoms with E-state index in [2.05, 4.69) is 15.0 Å². The average molecular weight is 543 g/mol. The van der Waals surface area contributed by atoms with Crippen molar-refractivity contribution in [3.8, 4) is 0 Å². The molecule has 0 aliphatic heterocycles. The lowest BCUT2D eigenvalue weighted by molar-refractivity contribution is -0.113. The number of fused-ring (bicyclic) bond motifs is 1. The number of thioether (sulfide) groups is 1. The van der Waals surface area contributed by atoms with Crippen molar-refractivity contribution in [3.05, 3.63) is 75.7 Å². The zero-order valence-corrected chi connectivity index (χ0v) is 20.4. The van der Waals surface area contributed by atoms with Crippen LogP contribution in [-0.4, -0.2) is 25.1 Å². The maximum absolute atomic E-state index is 12.7. The first-order valence-corrected chi connectivity index (χ1v) is 12.9. The minimum absolute atomic E-state index is 0.0113. The van der Waals surface area contributed by atoms with Gasteiger partial charge in [-0.05, 0) is 54.6 Å². The first kappa shape index (κ1) is 23.7. The highest BCUT2D eigenvalue weighted by Crippen LogP contribution is 2.28. The molecule has 0 fully saturated rings. The number of nitrogens with one attached hydrogen (secondary N) is 2. The highest BCUT2D eigenvalue weighted by molar-refractivity contribution is 7.99. The van der Waals surface area contributed by atoms with Gasteiger partial charge in [-0.3, -0.25) is 9.52 Å². The summed E-state index contributed by atoms with van der Waals surface area (Å²) in [4.78, 5) is 16.5. The van der Waals surface area contributed by atoms with Crippen molar-refractivity contribution in [2.45, 2.75) is 10.1 Å². The maximum atomic E-state index is 12.7. The Labute approximate surface area is 208 Å². The van der Waals surface area contributed by atoms with Crippen LogP contribution in [0.1, 0.15) is 0 Å². The second kappa shape index (κ2) is 9.82. The van der Waals surface area contributed by atoms with E-state index in [1.54, 1.807) is 36.4 Å². The van der Waals surface area contributed by atoms with Gasteiger partial charge in [0.1, 0.15) is 5.52 Å². The van der Waals surface area contributed by atoms with Crippen molar-refractivity contribution >= 4 is 85.0 Å². The number of aromatic nitrogens is 1. The van der Waals surface area contributed by atoms with Crippen molar-refractivity contribution in [1.82, 2.24) is 4.98 Å². The molecule has 0 aliphatic carbocycles. The van der Waals surface area contributed by atoms with Crippen LogP contribution < -0.4 is 10.0 Å². The molecule has 0 spiro atoms. The van der Waals surface area contributed by atoms with Crippen LogP contribution in [0.2, 0.25) is 15.1 Å². The summed E-state index contributed by atoms with van der Waals surface area (Å²) in [5.74, 6) is -0.274. The standard InChI is InChI=1S/C21H14Cl3N3O4S2/c22-12-2-1-3-14(8-12)27-33(29,30)15-5-7-19-18(10-15)26-21(31-19)32-11-20(28)25-13-4-6-16(23)17(24)9-13/h1-10,27H,11H2,(H,25,28). The maximum Gasteiger partial charge on any atom is 0.261 e. The summed E-state index contributed by atoms with van der Waals surface area (Å²) in [7, 11) is -3.86. The third kappa shape index (κ3) is 5.93.